The Morgan fingerprint density at radius 3 is 2.92 bits per heavy atom. The topological polar surface area (TPSA) is 24.9 Å². The molecule has 1 N–H and O–H groups in total. The monoisotopic (exact) mass is 196 g/mol. The second-order valence-electron chi connectivity index (χ2n) is 3.35. The van der Waals surface area contributed by atoms with Crippen molar-refractivity contribution < 1.29 is 0 Å². The maximum absolute atomic E-state index is 4.24. The van der Waals surface area contributed by atoms with E-state index in [1.165, 1.54) is 0 Å². The molecule has 1 aromatic rings. The highest BCUT2D eigenvalue weighted by molar-refractivity contribution is 7.07. The van der Waals surface area contributed by atoms with Crippen LogP contribution in [0.15, 0.2) is 23.5 Å². The van der Waals surface area contributed by atoms with Crippen LogP contribution in [0.4, 0.5) is 0 Å². The predicted molar refractivity (Wildman–Crippen MR) is 58.1 cm³/mol. The van der Waals surface area contributed by atoms with Gasteiger partial charge in [-0.05, 0) is 0 Å². The lowest BCUT2D eigenvalue weighted by Gasteiger charge is -2.16. The van der Waals surface area contributed by atoms with E-state index in [0.717, 1.165) is 12.1 Å². The van der Waals surface area contributed by atoms with Gasteiger partial charge in [0, 0.05) is 23.9 Å². The van der Waals surface area contributed by atoms with Gasteiger partial charge in [-0.25, -0.2) is 4.98 Å². The number of rotatable bonds is 5. The molecule has 3 heteroatoms. The Morgan fingerprint density at radius 2 is 2.46 bits per heavy atom. The van der Waals surface area contributed by atoms with Gasteiger partial charge >= 0.3 is 0 Å². The number of nitrogens with zero attached hydrogens (tertiary/aromatic N) is 1. The van der Waals surface area contributed by atoms with Crippen molar-refractivity contribution in [1.82, 2.24) is 10.3 Å². The highest BCUT2D eigenvalue weighted by atomic mass is 32.1. The van der Waals surface area contributed by atoms with Crippen LogP contribution in [0.1, 0.15) is 19.5 Å². The Balaban J connectivity index is 2.45. The lowest BCUT2D eigenvalue weighted by Crippen LogP contribution is -2.34. The number of aromatic nitrogens is 1. The molecule has 2 nitrogen and oxygen atoms in total. The molecule has 0 radical (unpaired) electrons. The molecule has 1 unspecified atom stereocenters. The molecule has 0 aliphatic rings. The number of nitrogens with one attached hydrogen (secondary N) is 1. The Hall–Kier alpha value is -0.670. The molecular weight excluding hydrogens is 180 g/mol. The molecule has 0 aliphatic carbocycles. The normalized spacial score (nSPS) is 13.2. The summed E-state index contributed by atoms with van der Waals surface area (Å²) in [4.78, 5) is 4.24. The summed E-state index contributed by atoms with van der Waals surface area (Å²) in [5.74, 6) is 0. The van der Waals surface area contributed by atoms with Crippen molar-refractivity contribution in [1.29, 1.82) is 0 Å². The van der Waals surface area contributed by atoms with Crippen molar-refractivity contribution in [2.45, 2.75) is 32.4 Å². The minimum Gasteiger partial charge on any atom is -0.308 e. The van der Waals surface area contributed by atoms with Crippen LogP contribution in [-0.4, -0.2) is 17.1 Å². The lowest BCUT2D eigenvalue weighted by atomic mass is 10.1. The Morgan fingerprint density at radius 1 is 1.69 bits per heavy atom. The highest BCUT2D eigenvalue weighted by Crippen LogP contribution is 2.05. The SMILES string of the molecule is C=CC(Cc1cscn1)NC(C)C. The fraction of sp³-hybridized carbons (Fsp3) is 0.500. The van der Waals surface area contributed by atoms with Crippen LogP contribution in [0.2, 0.25) is 0 Å². The van der Waals surface area contributed by atoms with Gasteiger partial charge < -0.3 is 5.32 Å². The fourth-order valence-corrected chi connectivity index (χ4v) is 1.77. The van der Waals surface area contributed by atoms with Crippen LogP contribution in [0.3, 0.4) is 0 Å². The van der Waals surface area contributed by atoms with E-state index in [9.17, 15) is 0 Å². The summed E-state index contributed by atoms with van der Waals surface area (Å²) in [5.41, 5.74) is 3.01. The van der Waals surface area contributed by atoms with Gasteiger partial charge in [-0.1, -0.05) is 19.9 Å². The summed E-state index contributed by atoms with van der Waals surface area (Å²) in [6.07, 6.45) is 2.88. The van der Waals surface area contributed by atoms with Gasteiger partial charge in [-0.3, -0.25) is 0 Å². The first-order valence-corrected chi connectivity index (χ1v) is 5.42. The first-order chi connectivity index (χ1) is 6.22. The predicted octanol–water partition coefficient (Wildman–Crippen LogP) is 2.24. The average molecular weight is 196 g/mol. The lowest BCUT2D eigenvalue weighted by molar-refractivity contribution is 0.518. The second-order valence-corrected chi connectivity index (χ2v) is 4.07. The van der Waals surface area contributed by atoms with Crippen LogP contribution in [-0.2, 0) is 6.42 Å². The van der Waals surface area contributed by atoms with Gasteiger partial charge in [-0.2, -0.15) is 0 Å². The first kappa shape index (κ1) is 10.4. The Kier molecular flexibility index (Phi) is 4.12. The standard InChI is InChI=1S/C10H16N2S/c1-4-9(12-8(2)3)5-10-6-13-7-11-10/h4,6-9,12H,1,5H2,2-3H3. The molecule has 0 fully saturated rings. The third-order valence-corrected chi connectivity index (χ3v) is 2.38. The summed E-state index contributed by atoms with van der Waals surface area (Å²) in [7, 11) is 0. The van der Waals surface area contributed by atoms with Crippen molar-refractivity contribution >= 4 is 11.3 Å². The molecule has 1 atom stereocenters. The maximum Gasteiger partial charge on any atom is 0.0794 e. The molecule has 1 rings (SSSR count). The fourth-order valence-electron chi connectivity index (χ4n) is 1.20. The summed E-state index contributed by atoms with van der Waals surface area (Å²) in [5, 5.41) is 5.50. The van der Waals surface area contributed by atoms with Crippen LogP contribution >= 0.6 is 11.3 Å². The Bertz CT molecular complexity index is 241. The van der Waals surface area contributed by atoms with E-state index in [-0.39, 0.29) is 0 Å². The molecule has 72 valence electrons. The van der Waals surface area contributed by atoms with E-state index in [1.807, 2.05) is 11.6 Å². The summed E-state index contributed by atoms with van der Waals surface area (Å²) in [6, 6.07) is 0.823. The molecule has 0 saturated carbocycles. The highest BCUT2D eigenvalue weighted by Gasteiger charge is 2.07. The van der Waals surface area contributed by atoms with Crippen LogP contribution < -0.4 is 5.32 Å². The summed E-state index contributed by atoms with van der Waals surface area (Å²) in [6.45, 7) is 8.08. The van der Waals surface area contributed by atoms with E-state index < -0.39 is 0 Å². The van der Waals surface area contributed by atoms with E-state index >= 15 is 0 Å². The maximum atomic E-state index is 4.24. The van der Waals surface area contributed by atoms with E-state index in [1.54, 1.807) is 11.3 Å². The van der Waals surface area contributed by atoms with Crippen molar-refractivity contribution in [3.05, 3.63) is 29.2 Å². The molecule has 13 heavy (non-hydrogen) atoms. The smallest absolute Gasteiger partial charge is 0.0794 e. The zero-order valence-electron chi connectivity index (χ0n) is 8.16. The first-order valence-electron chi connectivity index (χ1n) is 4.48. The van der Waals surface area contributed by atoms with Gasteiger partial charge in [-0.15, -0.1) is 17.9 Å². The van der Waals surface area contributed by atoms with Crippen LogP contribution in [0, 0.1) is 0 Å². The van der Waals surface area contributed by atoms with Gasteiger partial charge in [0.05, 0.1) is 11.2 Å². The molecule has 0 aliphatic heterocycles. The molecule has 0 saturated heterocycles. The van der Waals surface area contributed by atoms with E-state index in [0.29, 0.717) is 12.1 Å². The van der Waals surface area contributed by atoms with Crippen LogP contribution in [0.5, 0.6) is 0 Å². The second kappa shape index (κ2) is 5.14. The zero-order chi connectivity index (χ0) is 9.68. The third-order valence-electron chi connectivity index (χ3n) is 1.74. The van der Waals surface area contributed by atoms with E-state index in [4.69, 9.17) is 0 Å². The molecule has 1 heterocycles. The largest absolute Gasteiger partial charge is 0.308 e. The van der Waals surface area contributed by atoms with Crippen molar-refractivity contribution in [2.75, 3.05) is 0 Å². The molecule has 0 aromatic carbocycles. The van der Waals surface area contributed by atoms with E-state index in [2.05, 4.69) is 36.1 Å². The van der Waals surface area contributed by atoms with Gasteiger partial charge in [0.1, 0.15) is 0 Å². The number of hydrogen-bond donors (Lipinski definition) is 1. The molecule has 0 spiro atoms. The van der Waals surface area contributed by atoms with Crippen molar-refractivity contribution in [3.8, 4) is 0 Å². The van der Waals surface area contributed by atoms with Crippen molar-refractivity contribution in [3.63, 3.8) is 0 Å². The Labute approximate surface area is 83.7 Å². The van der Waals surface area contributed by atoms with Crippen molar-refractivity contribution in [2.24, 2.45) is 0 Å². The number of thiazole rings is 1. The molecule has 1 aromatic heterocycles. The van der Waals surface area contributed by atoms with Crippen LogP contribution in [0.25, 0.3) is 0 Å². The van der Waals surface area contributed by atoms with Gasteiger partial charge in [0.2, 0.25) is 0 Å². The molecule has 0 bridgehead atoms. The third kappa shape index (κ3) is 3.70. The van der Waals surface area contributed by atoms with Gasteiger partial charge in [0.25, 0.3) is 0 Å². The minimum atomic E-state index is 0.335. The summed E-state index contributed by atoms with van der Waals surface area (Å²) >= 11 is 1.64. The minimum absolute atomic E-state index is 0.335. The average Bonchev–Trinajstić information content (AvgIpc) is 2.55. The van der Waals surface area contributed by atoms with Gasteiger partial charge in [0.15, 0.2) is 0 Å². The molecule has 0 amide bonds. The quantitative estimate of drug-likeness (QED) is 0.731. The molecular formula is C10H16N2S. The zero-order valence-corrected chi connectivity index (χ0v) is 8.97. The number of hydrogen-bond acceptors (Lipinski definition) is 3. The summed E-state index contributed by atoms with van der Waals surface area (Å²) < 4.78 is 0.